The average Bonchev–Trinajstić information content (AvgIpc) is 2.54. The fourth-order valence-electron chi connectivity index (χ4n) is 1.91. The largest absolute Gasteiger partial charge is 0.298 e. The zero-order valence-electron chi connectivity index (χ0n) is 10.3. The van der Waals surface area contributed by atoms with Crippen LogP contribution in [0.15, 0.2) is 18.5 Å². The van der Waals surface area contributed by atoms with E-state index in [1.165, 1.54) is 0 Å². The first-order valence-corrected chi connectivity index (χ1v) is 5.51. The molecule has 17 heavy (non-hydrogen) atoms. The second-order valence-corrected chi connectivity index (χ2v) is 4.23. The molecule has 0 aliphatic rings. The molecule has 0 fully saturated rings. The highest BCUT2D eigenvalue weighted by Crippen LogP contribution is 2.12. The summed E-state index contributed by atoms with van der Waals surface area (Å²) in [6.45, 7) is 6.42. The first-order chi connectivity index (χ1) is 8.11. The van der Waals surface area contributed by atoms with Crippen LogP contribution in [0.25, 0.3) is 0 Å². The van der Waals surface area contributed by atoms with Crippen molar-refractivity contribution in [2.24, 2.45) is 0 Å². The minimum Gasteiger partial charge on any atom is -0.298 e. The minimum absolute atomic E-state index is 0.648. The molecule has 0 N–H and O–H groups in total. The highest BCUT2D eigenvalue weighted by molar-refractivity contribution is 5.78. The highest BCUT2D eigenvalue weighted by Gasteiger charge is 2.10. The predicted molar refractivity (Wildman–Crippen MR) is 65.2 cm³/mol. The van der Waals surface area contributed by atoms with Gasteiger partial charge in [0.15, 0.2) is 6.29 Å². The minimum atomic E-state index is 0.648. The van der Waals surface area contributed by atoms with Gasteiger partial charge >= 0.3 is 0 Å². The molecule has 0 aliphatic heterocycles. The van der Waals surface area contributed by atoms with Gasteiger partial charge in [-0.15, -0.1) is 0 Å². The van der Waals surface area contributed by atoms with Gasteiger partial charge < -0.3 is 0 Å². The third-order valence-electron chi connectivity index (χ3n) is 2.82. The fourth-order valence-corrected chi connectivity index (χ4v) is 1.91. The lowest BCUT2D eigenvalue weighted by Gasteiger charge is -2.05. The molecular formula is C13H15N3O. The Hall–Kier alpha value is -1.97. The first-order valence-electron chi connectivity index (χ1n) is 5.51. The van der Waals surface area contributed by atoms with Crippen LogP contribution in [-0.4, -0.2) is 21.1 Å². The molecule has 0 bridgehead atoms. The molecule has 0 saturated carbocycles. The van der Waals surface area contributed by atoms with Gasteiger partial charge in [-0.05, 0) is 31.9 Å². The lowest BCUT2D eigenvalue weighted by Crippen LogP contribution is -2.04. The molecule has 0 saturated heterocycles. The summed E-state index contributed by atoms with van der Waals surface area (Å²) in [7, 11) is 0. The molecule has 0 aromatic carbocycles. The lowest BCUT2D eigenvalue weighted by atomic mass is 10.2. The predicted octanol–water partition coefficient (Wildman–Crippen LogP) is 2.06. The van der Waals surface area contributed by atoms with Gasteiger partial charge in [-0.25, -0.2) is 0 Å². The number of carbonyl (C=O) groups is 1. The Balaban J connectivity index is 2.33. The average molecular weight is 229 g/mol. The van der Waals surface area contributed by atoms with E-state index in [1.54, 1.807) is 0 Å². The summed E-state index contributed by atoms with van der Waals surface area (Å²) in [6, 6.07) is 2.07. The summed E-state index contributed by atoms with van der Waals surface area (Å²) < 4.78 is 1.84. The quantitative estimate of drug-likeness (QED) is 0.757. The van der Waals surface area contributed by atoms with Crippen LogP contribution in [0.5, 0.6) is 0 Å². The van der Waals surface area contributed by atoms with Gasteiger partial charge in [-0.3, -0.25) is 14.5 Å². The van der Waals surface area contributed by atoms with Crippen LogP contribution in [0.3, 0.4) is 0 Å². The van der Waals surface area contributed by atoms with E-state index >= 15 is 0 Å². The van der Waals surface area contributed by atoms with Crippen LogP contribution < -0.4 is 0 Å². The smallest absolute Gasteiger partial charge is 0.153 e. The number of aromatic nitrogens is 3. The molecule has 2 aromatic heterocycles. The van der Waals surface area contributed by atoms with Gasteiger partial charge in [0.05, 0.1) is 17.8 Å². The molecule has 0 amide bonds. The third kappa shape index (κ3) is 2.25. The summed E-state index contributed by atoms with van der Waals surface area (Å²) in [5.41, 5.74) is 4.58. The van der Waals surface area contributed by atoms with Gasteiger partial charge in [0.1, 0.15) is 0 Å². The number of hydrogen-bond acceptors (Lipinski definition) is 3. The fraction of sp³-hybridized carbons (Fsp3) is 0.308. The Morgan fingerprint density at radius 2 is 2.06 bits per heavy atom. The number of carbonyl (C=O) groups excluding carboxylic acids is 1. The van der Waals surface area contributed by atoms with Crippen molar-refractivity contribution in [2.75, 3.05) is 0 Å². The van der Waals surface area contributed by atoms with Gasteiger partial charge in [0.2, 0.25) is 0 Å². The van der Waals surface area contributed by atoms with Crippen LogP contribution >= 0.6 is 0 Å². The Morgan fingerprint density at radius 3 is 2.65 bits per heavy atom. The van der Waals surface area contributed by atoms with E-state index in [2.05, 4.69) is 16.1 Å². The Kier molecular flexibility index (Phi) is 3.04. The number of aryl methyl sites for hydroxylation is 2. The van der Waals surface area contributed by atoms with E-state index in [1.807, 2.05) is 37.8 Å². The second-order valence-electron chi connectivity index (χ2n) is 4.23. The van der Waals surface area contributed by atoms with Crippen LogP contribution in [0.1, 0.15) is 32.9 Å². The summed E-state index contributed by atoms with van der Waals surface area (Å²) >= 11 is 0. The molecule has 88 valence electrons. The van der Waals surface area contributed by atoms with Gasteiger partial charge in [0, 0.05) is 18.1 Å². The Labute approximate surface area is 100 Å². The molecule has 0 unspecified atom stereocenters. The van der Waals surface area contributed by atoms with Crippen LogP contribution in [0, 0.1) is 20.8 Å². The summed E-state index contributed by atoms with van der Waals surface area (Å²) in [6.07, 6.45) is 4.51. The first kappa shape index (κ1) is 11.5. The van der Waals surface area contributed by atoms with Crippen LogP contribution in [0.4, 0.5) is 0 Å². The maximum absolute atomic E-state index is 10.9. The van der Waals surface area contributed by atoms with E-state index in [0.29, 0.717) is 12.1 Å². The van der Waals surface area contributed by atoms with Crippen molar-refractivity contribution in [3.8, 4) is 0 Å². The molecule has 0 aliphatic carbocycles. The van der Waals surface area contributed by atoms with Crippen molar-refractivity contribution >= 4 is 6.29 Å². The van der Waals surface area contributed by atoms with Crippen molar-refractivity contribution < 1.29 is 4.79 Å². The standard InChI is InChI=1S/C13H15N3O/c1-9-4-12(6-14-5-9)7-16-11(3)13(8-17)10(2)15-16/h4-6,8H,7H2,1-3H3. The van der Waals surface area contributed by atoms with Crippen molar-refractivity contribution in [1.29, 1.82) is 0 Å². The summed E-state index contributed by atoms with van der Waals surface area (Å²) in [4.78, 5) is 15.1. The van der Waals surface area contributed by atoms with Gasteiger partial charge in [0.25, 0.3) is 0 Å². The molecule has 2 rings (SSSR count). The maximum atomic E-state index is 10.9. The number of hydrogen-bond donors (Lipinski definition) is 0. The molecule has 4 heteroatoms. The van der Waals surface area contributed by atoms with E-state index in [9.17, 15) is 4.79 Å². The third-order valence-corrected chi connectivity index (χ3v) is 2.82. The summed E-state index contributed by atoms with van der Waals surface area (Å²) in [5, 5.41) is 4.36. The van der Waals surface area contributed by atoms with Crippen molar-refractivity contribution in [3.63, 3.8) is 0 Å². The second kappa shape index (κ2) is 4.49. The number of nitrogens with zero attached hydrogens (tertiary/aromatic N) is 3. The van der Waals surface area contributed by atoms with Gasteiger partial charge in [-0.2, -0.15) is 5.10 Å². The van der Waals surface area contributed by atoms with Crippen molar-refractivity contribution in [3.05, 3.63) is 46.5 Å². The van der Waals surface area contributed by atoms with Crippen LogP contribution in [-0.2, 0) is 6.54 Å². The van der Waals surface area contributed by atoms with E-state index in [0.717, 1.165) is 28.8 Å². The Morgan fingerprint density at radius 1 is 1.29 bits per heavy atom. The molecular weight excluding hydrogens is 214 g/mol. The zero-order chi connectivity index (χ0) is 12.4. The number of rotatable bonds is 3. The van der Waals surface area contributed by atoms with Crippen LogP contribution in [0.2, 0.25) is 0 Å². The highest BCUT2D eigenvalue weighted by atomic mass is 16.1. The van der Waals surface area contributed by atoms with Crippen molar-refractivity contribution in [2.45, 2.75) is 27.3 Å². The normalized spacial score (nSPS) is 10.5. The molecule has 4 nitrogen and oxygen atoms in total. The number of pyridine rings is 1. The van der Waals surface area contributed by atoms with E-state index in [-0.39, 0.29) is 0 Å². The SMILES string of the molecule is Cc1cncc(Cn2nc(C)c(C=O)c2C)c1. The Bertz CT molecular complexity index is 558. The van der Waals surface area contributed by atoms with E-state index < -0.39 is 0 Å². The van der Waals surface area contributed by atoms with Crippen molar-refractivity contribution in [1.82, 2.24) is 14.8 Å². The molecule has 0 radical (unpaired) electrons. The topological polar surface area (TPSA) is 47.8 Å². The van der Waals surface area contributed by atoms with Gasteiger partial charge in [-0.1, -0.05) is 6.07 Å². The zero-order valence-corrected chi connectivity index (χ0v) is 10.3. The lowest BCUT2D eigenvalue weighted by molar-refractivity contribution is 0.112. The van der Waals surface area contributed by atoms with E-state index in [4.69, 9.17) is 0 Å². The number of aldehydes is 1. The molecule has 2 aromatic rings. The molecule has 0 spiro atoms. The summed E-state index contributed by atoms with van der Waals surface area (Å²) in [5.74, 6) is 0. The monoisotopic (exact) mass is 229 g/mol. The maximum Gasteiger partial charge on any atom is 0.153 e. The molecule has 0 atom stereocenters. The molecule has 2 heterocycles.